The van der Waals surface area contributed by atoms with E-state index in [1.165, 1.54) is 18.4 Å². The maximum Gasteiger partial charge on any atom is 0.204 e. The van der Waals surface area contributed by atoms with Crippen LogP contribution in [0.25, 0.3) is 0 Å². The molecule has 0 spiro atoms. The highest BCUT2D eigenvalue weighted by molar-refractivity contribution is 6.39. The van der Waals surface area contributed by atoms with Crippen LogP contribution in [0.15, 0.2) is 40.6 Å². The number of Topliss-reactive ketones (excluding diaryl/α,β-unsaturated/α-hetero) is 1. The number of ketones is 2. The SMILES string of the molecule is O=C1C=CC2=CN=CC(=O)C2=C1. The third-order valence-electron chi connectivity index (χ3n) is 1.70. The number of hydrogen-bond donors (Lipinski definition) is 0. The Balaban J connectivity index is 2.53. The third-order valence-corrected chi connectivity index (χ3v) is 1.70. The van der Waals surface area contributed by atoms with Gasteiger partial charge in [-0.2, -0.15) is 0 Å². The minimum absolute atomic E-state index is 0.147. The van der Waals surface area contributed by atoms with Gasteiger partial charge in [0.2, 0.25) is 5.78 Å². The van der Waals surface area contributed by atoms with E-state index in [0.717, 1.165) is 0 Å². The summed E-state index contributed by atoms with van der Waals surface area (Å²) in [6.07, 6.45) is 7.13. The van der Waals surface area contributed by atoms with Gasteiger partial charge in [-0.3, -0.25) is 14.6 Å². The minimum atomic E-state index is -0.204. The molecule has 0 aromatic carbocycles. The lowest BCUT2D eigenvalue weighted by atomic mass is 9.95. The number of nitrogens with zero attached hydrogens (tertiary/aromatic N) is 1. The van der Waals surface area contributed by atoms with E-state index in [0.29, 0.717) is 11.1 Å². The number of hydrogen-bond acceptors (Lipinski definition) is 3. The van der Waals surface area contributed by atoms with Gasteiger partial charge in [0.15, 0.2) is 5.78 Å². The molecule has 0 aromatic heterocycles. The van der Waals surface area contributed by atoms with Crippen LogP contribution < -0.4 is 0 Å². The quantitative estimate of drug-likeness (QED) is 0.519. The van der Waals surface area contributed by atoms with Crippen LogP contribution in [0.4, 0.5) is 0 Å². The normalized spacial score (nSPS) is 20.3. The molecule has 1 aliphatic heterocycles. The molecular weight excluding hydrogens is 154 g/mol. The van der Waals surface area contributed by atoms with Crippen molar-refractivity contribution >= 4 is 17.8 Å². The van der Waals surface area contributed by atoms with Gasteiger partial charge < -0.3 is 0 Å². The van der Waals surface area contributed by atoms with E-state index in [1.54, 1.807) is 12.3 Å². The molecular formula is C9H5NO2. The molecule has 0 unspecified atom stereocenters. The highest BCUT2D eigenvalue weighted by Gasteiger charge is 2.17. The lowest BCUT2D eigenvalue weighted by Gasteiger charge is -2.09. The van der Waals surface area contributed by atoms with Crippen LogP contribution in [-0.2, 0) is 9.59 Å². The Morgan fingerprint density at radius 2 is 2.00 bits per heavy atom. The van der Waals surface area contributed by atoms with E-state index in [2.05, 4.69) is 4.99 Å². The lowest BCUT2D eigenvalue weighted by Crippen LogP contribution is -2.13. The van der Waals surface area contributed by atoms with Crippen molar-refractivity contribution in [3.8, 4) is 0 Å². The summed E-state index contributed by atoms with van der Waals surface area (Å²) in [5.74, 6) is -0.351. The van der Waals surface area contributed by atoms with Crippen LogP contribution in [0.5, 0.6) is 0 Å². The van der Waals surface area contributed by atoms with Gasteiger partial charge in [0, 0.05) is 17.3 Å². The highest BCUT2D eigenvalue weighted by Crippen LogP contribution is 2.19. The monoisotopic (exact) mass is 159 g/mol. The predicted octanol–water partition coefficient (Wildman–Crippen LogP) is 0.589. The van der Waals surface area contributed by atoms with Crippen LogP contribution in [0, 0.1) is 0 Å². The number of allylic oxidation sites excluding steroid dienone is 5. The second kappa shape index (κ2) is 2.37. The zero-order valence-electron chi connectivity index (χ0n) is 6.15. The Labute approximate surface area is 68.8 Å². The first-order valence-corrected chi connectivity index (χ1v) is 3.49. The van der Waals surface area contributed by atoms with Crippen molar-refractivity contribution in [1.29, 1.82) is 0 Å². The van der Waals surface area contributed by atoms with Crippen molar-refractivity contribution in [2.75, 3.05) is 0 Å². The van der Waals surface area contributed by atoms with E-state index >= 15 is 0 Å². The van der Waals surface area contributed by atoms with Gasteiger partial charge in [-0.05, 0) is 18.2 Å². The summed E-state index contributed by atoms with van der Waals surface area (Å²) in [6.45, 7) is 0. The van der Waals surface area contributed by atoms with Crippen molar-refractivity contribution in [3.05, 3.63) is 35.6 Å². The van der Waals surface area contributed by atoms with E-state index in [-0.39, 0.29) is 11.6 Å². The average molecular weight is 159 g/mol. The molecule has 0 saturated heterocycles. The molecule has 0 amide bonds. The third kappa shape index (κ3) is 0.955. The van der Waals surface area contributed by atoms with Gasteiger partial charge >= 0.3 is 0 Å². The topological polar surface area (TPSA) is 46.5 Å². The van der Waals surface area contributed by atoms with Gasteiger partial charge in [0.25, 0.3) is 0 Å². The molecule has 0 radical (unpaired) electrons. The molecule has 1 aliphatic carbocycles. The van der Waals surface area contributed by atoms with Gasteiger partial charge in [0.1, 0.15) is 0 Å². The summed E-state index contributed by atoms with van der Waals surface area (Å²) in [5, 5.41) is 0. The van der Waals surface area contributed by atoms with Crippen molar-refractivity contribution < 1.29 is 9.59 Å². The molecule has 0 fully saturated rings. The zero-order chi connectivity index (χ0) is 8.55. The average Bonchev–Trinajstić information content (AvgIpc) is 2.07. The largest absolute Gasteiger partial charge is 0.290 e. The number of carbonyl (C=O) groups is 2. The first-order valence-electron chi connectivity index (χ1n) is 3.49. The van der Waals surface area contributed by atoms with Crippen LogP contribution in [-0.4, -0.2) is 17.8 Å². The fourth-order valence-corrected chi connectivity index (χ4v) is 1.12. The van der Waals surface area contributed by atoms with Crippen molar-refractivity contribution in [2.24, 2.45) is 4.99 Å². The maximum absolute atomic E-state index is 11.1. The van der Waals surface area contributed by atoms with Crippen molar-refractivity contribution in [3.63, 3.8) is 0 Å². The first kappa shape index (κ1) is 6.91. The van der Waals surface area contributed by atoms with Gasteiger partial charge in [-0.1, -0.05) is 0 Å². The molecule has 2 rings (SSSR count). The Kier molecular flexibility index (Phi) is 1.37. The predicted molar refractivity (Wildman–Crippen MR) is 43.8 cm³/mol. The molecule has 0 atom stereocenters. The van der Waals surface area contributed by atoms with Gasteiger partial charge in [-0.15, -0.1) is 0 Å². The van der Waals surface area contributed by atoms with Crippen LogP contribution in [0.2, 0.25) is 0 Å². The molecule has 0 bridgehead atoms. The number of rotatable bonds is 0. The smallest absolute Gasteiger partial charge is 0.204 e. The van der Waals surface area contributed by atoms with E-state index in [1.807, 2.05) is 0 Å². The minimum Gasteiger partial charge on any atom is -0.290 e. The highest BCUT2D eigenvalue weighted by atomic mass is 16.1. The van der Waals surface area contributed by atoms with Gasteiger partial charge in [-0.25, -0.2) is 0 Å². The first-order chi connectivity index (χ1) is 5.77. The molecule has 0 saturated carbocycles. The summed E-state index contributed by atoms with van der Waals surface area (Å²) < 4.78 is 0. The van der Waals surface area contributed by atoms with E-state index in [9.17, 15) is 9.59 Å². The molecule has 3 nitrogen and oxygen atoms in total. The van der Waals surface area contributed by atoms with E-state index in [4.69, 9.17) is 0 Å². The zero-order valence-corrected chi connectivity index (χ0v) is 6.15. The summed E-state index contributed by atoms with van der Waals surface area (Å²) >= 11 is 0. The summed E-state index contributed by atoms with van der Waals surface area (Å²) in [7, 11) is 0. The molecule has 0 N–H and O–H groups in total. The molecule has 12 heavy (non-hydrogen) atoms. The second-order valence-electron chi connectivity index (χ2n) is 2.52. The summed E-state index contributed by atoms with van der Waals surface area (Å²) in [6, 6.07) is 0. The molecule has 0 aromatic rings. The molecule has 2 aliphatic rings. The standard InChI is InChI=1S/C9H5NO2/c11-7-2-1-6-4-10-5-9(12)8(6)3-7/h1-5H. The summed E-state index contributed by atoms with van der Waals surface area (Å²) in [4.78, 5) is 25.7. The van der Waals surface area contributed by atoms with Crippen molar-refractivity contribution in [1.82, 2.24) is 0 Å². The van der Waals surface area contributed by atoms with Crippen LogP contribution in [0.3, 0.4) is 0 Å². The van der Waals surface area contributed by atoms with Gasteiger partial charge in [0.05, 0.1) is 6.21 Å². The Morgan fingerprint density at radius 1 is 1.17 bits per heavy atom. The summed E-state index contributed by atoms with van der Waals surface area (Å²) in [5.41, 5.74) is 1.15. The van der Waals surface area contributed by atoms with Crippen LogP contribution in [0.1, 0.15) is 0 Å². The Morgan fingerprint density at radius 3 is 2.83 bits per heavy atom. The fourth-order valence-electron chi connectivity index (χ4n) is 1.12. The van der Waals surface area contributed by atoms with Crippen LogP contribution >= 0.6 is 0 Å². The number of fused-ring (bicyclic) bond motifs is 1. The Bertz CT molecular complexity index is 383. The van der Waals surface area contributed by atoms with Crippen molar-refractivity contribution in [2.45, 2.75) is 0 Å². The maximum atomic E-state index is 11.1. The molecule has 3 heteroatoms. The lowest BCUT2D eigenvalue weighted by molar-refractivity contribution is -0.112. The second-order valence-corrected chi connectivity index (χ2v) is 2.52. The molecule has 58 valence electrons. The Hall–Kier alpha value is -1.77. The fraction of sp³-hybridized carbons (Fsp3) is 0. The molecule has 1 heterocycles. The number of carbonyl (C=O) groups excluding carboxylic acids is 2. The number of aliphatic imine (C=N–C) groups is 1. The van der Waals surface area contributed by atoms with E-state index < -0.39 is 0 Å².